The molecule has 34 heavy (non-hydrogen) atoms. The summed E-state index contributed by atoms with van der Waals surface area (Å²) in [5.74, 6) is 0.567. The molecule has 1 aliphatic heterocycles. The lowest BCUT2D eigenvalue weighted by Crippen LogP contribution is -2.25. The molecule has 178 valence electrons. The number of rotatable bonds is 9. The van der Waals surface area contributed by atoms with E-state index in [1.54, 1.807) is 30.3 Å². The third-order valence-electron chi connectivity index (χ3n) is 5.36. The van der Waals surface area contributed by atoms with Gasteiger partial charge in [0, 0.05) is 29.7 Å². The Morgan fingerprint density at radius 1 is 1.21 bits per heavy atom. The normalized spacial score (nSPS) is 17.6. The summed E-state index contributed by atoms with van der Waals surface area (Å²) in [6, 6.07) is 14.3. The number of halogens is 2. The molecule has 7 heteroatoms. The zero-order chi connectivity index (χ0) is 24.5. The molecule has 3 rings (SSSR count). The molecule has 1 heterocycles. The predicted octanol–water partition coefficient (Wildman–Crippen LogP) is 6.36. The highest BCUT2D eigenvalue weighted by molar-refractivity contribution is 6.31. The molecule has 2 aromatic carbocycles. The standard InChI is InChI=1S/C27H27Cl2NO4/c1-3-26(25(29)16-21-17-33-15-13-24(21)18(2)31)34-23-10-6-20(7-11-23)27(32)30-14-12-19-4-8-22(28)9-5-19/h3-11,16,24,31H,1-2,12-15,17H2,(H,30,32)/b21-16+,26-25-. The van der Waals surface area contributed by atoms with Crippen molar-refractivity contribution in [2.24, 2.45) is 5.92 Å². The lowest BCUT2D eigenvalue weighted by atomic mass is 9.92. The smallest absolute Gasteiger partial charge is 0.251 e. The molecule has 0 spiro atoms. The number of carbonyl (C=O) groups excluding carboxylic acids is 1. The van der Waals surface area contributed by atoms with Crippen molar-refractivity contribution in [1.82, 2.24) is 5.32 Å². The van der Waals surface area contributed by atoms with E-state index in [1.165, 1.54) is 6.08 Å². The van der Waals surface area contributed by atoms with E-state index in [9.17, 15) is 9.90 Å². The molecule has 0 aliphatic carbocycles. The topological polar surface area (TPSA) is 67.8 Å². The van der Waals surface area contributed by atoms with Gasteiger partial charge in [0.1, 0.15) is 11.5 Å². The second kappa shape index (κ2) is 12.5. The fourth-order valence-electron chi connectivity index (χ4n) is 3.50. The third kappa shape index (κ3) is 7.26. The number of aliphatic hydroxyl groups excluding tert-OH is 1. The van der Waals surface area contributed by atoms with E-state index >= 15 is 0 Å². The van der Waals surface area contributed by atoms with Gasteiger partial charge in [0.05, 0.1) is 17.4 Å². The largest absolute Gasteiger partial charge is 0.512 e. The van der Waals surface area contributed by atoms with E-state index < -0.39 is 0 Å². The number of carbonyl (C=O) groups is 1. The average molecular weight is 500 g/mol. The minimum Gasteiger partial charge on any atom is -0.512 e. The molecule has 0 saturated carbocycles. The van der Waals surface area contributed by atoms with Gasteiger partial charge in [0.15, 0.2) is 0 Å². The van der Waals surface area contributed by atoms with E-state index in [2.05, 4.69) is 18.5 Å². The Labute approximate surface area is 210 Å². The van der Waals surface area contributed by atoms with Crippen LogP contribution in [0.3, 0.4) is 0 Å². The quantitative estimate of drug-likeness (QED) is 0.311. The fraction of sp³-hybridized carbons (Fsp3) is 0.222. The number of aliphatic hydroxyl groups is 1. The highest BCUT2D eigenvalue weighted by atomic mass is 35.5. The van der Waals surface area contributed by atoms with Crippen LogP contribution in [0.15, 0.2) is 96.0 Å². The van der Waals surface area contributed by atoms with Gasteiger partial charge in [0.2, 0.25) is 0 Å². The van der Waals surface area contributed by atoms with Gasteiger partial charge in [-0.3, -0.25) is 4.79 Å². The molecule has 1 atom stereocenters. The zero-order valence-electron chi connectivity index (χ0n) is 18.7. The minimum absolute atomic E-state index is 0.0853. The van der Waals surface area contributed by atoms with Crippen molar-refractivity contribution in [3.05, 3.63) is 112 Å². The monoisotopic (exact) mass is 499 g/mol. The molecule has 1 amide bonds. The maximum atomic E-state index is 12.4. The summed E-state index contributed by atoms with van der Waals surface area (Å²) in [5.41, 5.74) is 2.43. The van der Waals surface area contributed by atoms with Crippen LogP contribution in [0.2, 0.25) is 5.02 Å². The number of hydrogen-bond acceptors (Lipinski definition) is 4. The lowest BCUT2D eigenvalue weighted by molar-refractivity contribution is 0.0954. The Hall–Kier alpha value is -2.99. The van der Waals surface area contributed by atoms with Gasteiger partial charge in [-0.05, 0) is 72.5 Å². The summed E-state index contributed by atoms with van der Waals surface area (Å²) < 4.78 is 11.3. The van der Waals surface area contributed by atoms with Gasteiger partial charge in [-0.15, -0.1) is 0 Å². The van der Waals surface area contributed by atoms with Crippen molar-refractivity contribution in [2.45, 2.75) is 12.8 Å². The molecule has 2 N–H and O–H groups in total. The van der Waals surface area contributed by atoms with Crippen molar-refractivity contribution < 1.29 is 19.4 Å². The number of allylic oxidation sites excluding steroid dienone is 4. The first-order chi connectivity index (χ1) is 16.4. The van der Waals surface area contributed by atoms with Crippen LogP contribution < -0.4 is 10.1 Å². The lowest BCUT2D eigenvalue weighted by Gasteiger charge is -2.24. The van der Waals surface area contributed by atoms with Crippen molar-refractivity contribution in [3.63, 3.8) is 0 Å². The Kier molecular flexibility index (Phi) is 9.40. The van der Waals surface area contributed by atoms with E-state index in [-0.39, 0.29) is 17.6 Å². The van der Waals surface area contributed by atoms with Crippen LogP contribution in [0.1, 0.15) is 22.3 Å². The summed E-state index contributed by atoms with van der Waals surface area (Å²) >= 11 is 12.4. The number of ether oxygens (including phenoxy) is 2. The van der Waals surface area contributed by atoms with E-state index in [1.807, 2.05) is 24.3 Å². The molecule has 1 unspecified atom stereocenters. The fourth-order valence-corrected chi connectivity index (χ4v) is 3.88. The van der Waals surface area contributed by atoms with Crippen LogP contribution in [-0.4, -0.2) is 30.8 Å². The summed E-state index contributed by atoms with van der Waals surface area (Å²) in [5, 5.41) is 13.8. The summed E-state index contributed by atoms with van der Waals surface area (Å²) in [4.78, 5) is 12.4. The van der Waals surface area contributed by atoms with Gasteiger partial charge in [-0.25, -0.2) is 0 Å². The SMILES string of the molecule is C=C/C(Oc1ccc(C(=O)NCCc2ccc(Cl)cc2)cc1)=C(Cl)\C=C1/COCCC1C(=C)O. The van der Waals surface area contributed by atoms with Crippen LogP contribution in [0.5, 0.6) is 5.75 Å². The average Bonchev–Trinajstić information content (AvgIpc) is 2.84. The number of amides is 1. The van der Waals surface area contributed by atoms with Crippen molar-refractivity contribution in [1.29, 1.82) is 0 Å². The molecule has 5 nitrogen and oxygen atoms in total. The highest BCUT2D eigenvalue weighted by Gasteiger charge is 2.22. The molecule has 0 radical (unpaired) electrons. The van der Waals surface area contributed by atoms with Crippen LogP contribution >= 0.6 is 23.2 Å². The first-order valence-corrected chi connectivity index (χ1v) is 11.6. The van der Waals surface area contributed by atoms with Gasteiger partial charge in [0.25, 0.3) is 5.91 Å². The van der Waals surface area contributed by atoms with E-state index in [4.69, 9.17) is 32.7 Å². The van der Waals surface area contributed by atoms with Crippen molar-refractivity contribution in [2.75, 3.05) is 19.8 Å². The molecule has 0 aromatic heterocycles. The van der Waals surface area contributed by atoms with Crippen molar-refractivity contribution in [3.8, 4) is 5.75 Å². The second-order valence-corrected chi connectivity index (χ2v) is 8.62. The van der Waals surface area contributed by atoms with Gasteiger partial charge >= 0.3 is 0 Å². The first kappa shape index (κ1) is 25.6. The first-order valence-electron chi connectivity index (χ1n) is 10.9. The van der Waals surface area contributed by atoms with Gasteiger partial charge in [-0.2, -0.15) is 0 Å². The van der Waals surface area contributed by atoms with Crippen LogP contribution in [0.25, 0.3) is 0 Å². The molecule has 1 fully saturated rings. The van der Waals surface area contributed by atoms with Crippen LogP contribution in [0, 0.1) is 5.92 Å². The molecule has 0 bridgehead atoms. The molecule has 1 aliphatic rings. The number of nitrogens with one attached hydrogen (secondary N) is 1. The highest BCUT2D eigenvalue weighted by Crippen LogP contribution is 2.29. The van der Waals surface area contributed by atoms with Crippen molar-refractivity contribution >= 4 is 29.1 Å². The predicted molar refractivity (Wildman–Crippen MR) is 136 cm³/mol. The zero-order valence-corrected chi connectivity index (χ0v) is 20.2. The Morgan fingerprint density at radius 3 is 2.56 bits per heavy atom. The van der Waals surface area contributed by atoms with Crippen LogP contribution in [0.4, 0.5) is 0 Å². The summed E-state index contributed by atoms with van der Waals surface area (Å²) in [6.07, 6.45) is 4.56. The van der Waals surface area contributed by atoms with Crippen LogP contribution in [-0.2, 0) is 11.2 Å². The Bertz CT molecular complexity index is 1090. The minimum atomic E-state index is -0.203. The second-order valence-electron chi connectivity index (χ2n) is 7.78. The van der Waals surface area contributed by atoms with E-state index in [0.717, 1.165) is 11.1 Å². The Morgan fingerprint density at radius 2 is 1.91 bits per heavy atom. The maximum Gasteiger partial charge on any atom is 0.251 e. The maximum absolute atomic E-state index is 12.4. The van der Waals surface area contributed by atoms with Gasteiger partial charge < -0.3 is 19.9 Å². The number of benzene rings is 2. The Balaban J connectivity index is 1.61. The summed E-state index contributed by atoms with van der Waals surface area (Å²) in [6.45, 7) is 8.82. The molecular formula is C27H27Cl2NO4. The molecule has 2 aromatic rings. The molecule has 1 saturated heterocycles. The van der Waals surface area contributed by atoms with Gasteiger partial charge in [-0.1, -0.05) is 48.5 Å². The number of hydrogen-bond donors (Lipinski definition) is 2. The summed E-state index contributed by atoms with van der Waals surface area (Å²) in [7, 11) is 0. The molecular weight excluding hydrogens is 473 g/mol. The van der Waals surface area contributed by atoms with E-state index in [0.29, 0.717) is 59.7 Å². The third-order valence-corrected chi connectivity index (χ3v) is 5.91.